The molecule has 3 aromatic rings. The summed E-state index contributed by atoms with van der Waals surface area (Å²) in [6.45, 7) is 4.26. The zero-order valence-corrected chi connectivity index (χ0v) is 22.8. The average molecular weight is 533 g/mol. The number of hydrogen-bond acceptors (Lipinski definition) is 6. The van der Waals surface area contributed by atoms with Crippen LogP contribution in [0.25, 0.3) is 0 Å². The maximum atomic E-state index is 14.4. The first kappa shape index (κ1) is 26.6. The van der Waals surface area contributed by atoms with E-state index in [4.69, 9.17) is 14.2 Å². The molecule has 0 bridgehead atoms. The van der Waals surface area contributed by atoms with Gasteiger partial charge in [-0.1, -0.05) is 37.5 Å². The Morgan fingerprint density at radius 2 is 1.90 bits per heavy atom. The monoisotopic (exact) mass is 532 g/mol. The van der Waals surface area contributed by atoms with Crippen molar-refractivity contribution in [1.29, 1.82) is 0 Å². The molecule has 1 aromatic heterocycles. The highest BCUT2D eigenvalue weighted by Crippen LogP contribution is 2.36. The Bertz CT molecular complexity index is 1320. The number of nitrogens with zero attached hydrogens (tertiary/aromatic N) is 3. The van der Waals surface area contributed by atoms with Crippen molar-refractivity contribution >= 4 is 17.5 Å². The van der Waals surface area contributed by atoms with Gasteiger partial charge in [0.15, 0.2) is 11.5 Å². The first-order valence-electron chi connectivity index (χ1n) is 13.7. The van der Waals surface area contributed by atoms with Gasteiger partial charge in [-0.05, 0) is 51.0 Å². The Balaban J connectivity index is 1.57. The van der Waals surface area contributed by atoms with E-state index in [-0.39, 0.29) is 24.5 Å². The lowest BCUT2D eigenvalue weighted by atomic mass is 9.94. The second kappa shape index (κ2) is 11.8. The van der Waals surface area contributed by atoms with Crippen LogP contribution in [0, 0.1) is 6.92 Å². The summed E-state index contributed by atoms with van der Waals surface area (Å²) in [5, 5.41) is 7.75. The van der Waals surface area contributed by atoms with Crippen molar-refractivity contribution in [1.82, 2.24) is 15.1 Å². The van der Waals surface area contributed by atoms with E-state index in [9.17, 15) is 9.59 Å². The lowest BCUT2D eigenvalue weighted by Gasteiger charge is -2.36. The topological polar surface area (TPSA) is 94.9 Å². The smallest absolute Gasteiger partial charge is 0.272 e. The van der Waals surface area contributed by atoms with Gasteiger partial charge in [-0.3, -0.25) is 19.2 Å². The van der Waals surface area contributed by atoms with Gasteiger partial charge in [0.1, 0.15) is 18.4 Å². The minimum absolute atomic E-state index is 0.0283. The van der Waals surface area contributed by atoms with E-state index in [1.807, 2.05) is 51.2 Å². The Morgan fingerprint density at radius 3 is 2.62 bits per heavy atom. The highest BCUT2D eigenvalue weighted by molar-refractivity contribution is 6.04. The van der Waals surface area contributed by atoms with Gasteiger partial charge in [0.2, 0.25) is 12.0 Å². The van der Waals surface area contributed by atoms with E-state index in [0.717, 1.165) is 25.7 Å². The molecule has 1 aliphatic heterocycles. The molecular weight excluding hydrogens is 496 g/mol. The maximum absolute atomic E-state index is 14.4. The van der Waals surface area contributed by atoms with Crippen LogP contribution in [0.5, 0.6) is 17.2 Å². The fraction of sp³-hybridized carbons (Fsp3) is 0.433. The predicted molar refractivity (Wildman–Crippen MR) is 147 cm³/mol. The van der Waals surface area contributed by atoms with Crippen LogP contribution >= 0.6 is 0 Å². The summed E-state index contributed by atoms with van der Waals surface area (Å²) < 4.78 is 19.4. The van der Waals surface area contributed by atoms with E-state index in [0.29, 0.717) is 40.8 Å². The Hall–Kier alpha value is -4.01. The average Bonchev–Trinajstić information content (AvgIpc) is 3.28. The Labute approximate surface area is 229 Å². The number of fused-ring (bicyclic) bond motifs is 1. The molecule has 0 saturated heterocycles. The number of ether oxygens (including phenoxy) is 3. The van der Waals surface area contributed by atoms with Crippen LogP contribution in [-0.2, 0) is 16.6 Å². The van der Waals surface area contributed by atoms with Crippen LogP contribution in [-0.4, -0.2) is 47.0 Å². The van der Waals surface area contributed by atoms with Crippen LogP contribution in [0.15, 0.2) is 54.7 Å². The maximum Gasteiger partial charge on any atom is 0.272 e. The van der Waals surface area contributed by atoms with Gasteiger partial charge in [0.25, 0.3) is 5.91 Å². The van der Waals surface area contributed by atoms with E-state index in [1.54, 1.807) is 29.1 Å². The summed E-state index contributed by atoms with van der Waals surface area (Å²) in [5.74, 6) is 1.05. The number of benzene rings is 2. The standard InChI is InChI=1S/C30H36N4O5/c1-4-37-23-14-10-13-22(17-23)34(30(36)27-19-38-25-15-8-9-16-26(25)39-27)28(24-18-33(3)32-20(24)2)29(35)31-21-11-6-5-7-12-21/h8-10,13-18,21,27-28H,4-7,11-12,19H2,1-3H3,(H,31,35)/t27-,28-/m1/s1. The molecule has 2 amide bonds. The third kappa shape index (κ3) is 5.87. The summed E-state index contributed by atoms with van der Waals surface area (Å²) in [6, 6.07) is 13.6. The van der Waals surface area contributed by atoms with Crippen LogP contribution in [0.3, 0.4) is 0 Å². The molecule has 206 valence electrons. The van der Waals surface area contributed by atoms with Crippen molar-refractivity contribution < 1.29 is 23.8 Å². The van der Waals surface area contributed by atoms with E-state index in [1.165, 1.54) is 11.3 Å². The molecule has 1 fully saturated rings. The Morgan fingerprint density at radius 1 is 1.13 bits per heavy atom. The third-order valence-corrected chi connectivity index (χ3v) is 7.23. The first-order valence-corrected chi connectivity index (χ1v) is 13.7. The molecule has 0 unspecified atom stereocenters. The van der Waals surface area contributed by atoms with Crippen LogP contribution < -0.4 is 24.4 Å². The molecule has 2 heterocycles. The van der Waals surface area contributed by atoms with Gasteiger partial charge in [-0.2, -0.15) is 5.10 Å². The van der Waals surface area contributed by atoms with E-state index >= 15 is 0 Å². The number of para-hydroxylation sites is 2. The molecule has 0 spiro atoms. The van der Waals surface area contributed by atoms with Gasteiger partial charge in [0, 0.05) is 36.6 Å². The molecule has 1 N–H and O–H groups in total. The quantitative estimate of drug-likeness (QED) is 0.459. The lowest BCUT2D eigenvalue weighted by molar-refractivity contribution is -0.132. The van der Waals surface area contributed by atoms with Gasteiger partial charge in [0.05, 0.1) is 12.3 Å². The molecule has 2 aromatic carbocycles. The molecule has 2 atom stereocenters. The van der Waals surface area contributed by atoms with Crippen molar-refractivity contribution in [3.05, 3.63) is 66.0 Å². The largest absolute Gasteiger partial charge is 0.494 e. The minimum Gasteiger partial charge on any atom is -0.494 e. The lowest BCUT2D eigenvalue weighted by Crippen LogP contribution is -2.52. The van der Waals surface area contributed by atoms with Gasteiger partial charge < -0.3 is 19.5 Å². The van der Waals surface area contributed by atoms with Crippen LogP contribution in [0.2, 0.25) is 0 Å². The van der Waals surface area contributed by atoms with Gasteiger partial charge in [-0.15, -0.1) is 0 Å². The molecule has 0 radical (unpaired) electrons. The van der Waals surface area contributed by atoms with Crippen molar-refractivity contribution in [2.75, 3.05) is 18.1 Å². The fourth-order valence-electron chi connectivity index (χ4n) is 5.40. The van der Waals surface area contributed by atoms with E-state index in [2.05, 4.69) is 10.4 Å². The molecular formula is C30H36N4O5. The molecule has 1 aliphatic carbocycles. The molecule has 2 aliphatic rings. The third-order valence-electron chi connectivity index (χ3n) is 7.23. The number of nitrogens with one attached hydrogen (secondary N) is 1. The highest BCUT2D eigenvalue weighted by Gasteiger charge is 2.41. The Kier molecular flexibility index (Phi) is 8.05. The second-order valence-electron chi connectivity index (χ2n) is 10.1. The number of hydrogen-bond donors (Lipinski definition) is 1. The van der Waals surface area contributed by atoms with Crippen molar-refractivity contribution in [2.45, 2.75) is 64.1 Å². The number of amides is 2. The summed E-state index contributed by atoms with van der Waals surface area (Å²) in [7, 11) is 1.81. The zero-order valence-electron chi connectivity index (χ0n) is 22.8. The highest BCUT2D eigenvalue weighted by atomic mass is 16.6. The molecule has 39 heavy (non-hydrogen) atoms. The van der Waals surface area contributed by atoms with Gasteiger partial charge >= 0.3 is 0 Å². The van der Waals surface area contributed by atoms with Crippen LogP contribution in [0.4, 0.5) is 5.69 Å². The van der Waals surface area contributed by atoms with Gasteiger partial charge in [-0.25, -0.2) is 0 Å². The predicted octanol–water partition coefficient (Wildman–Crippen LogP) is 4.49. The number of anilines is 1. The number of carbonyl (C=O) groups excluding carboxylic acids is 2. The number of aromatic nitrogens is 2. The summed E-state index contributed by atoms with van der Waals surface area (Å²) in [5.41, 5.74) is 1.85. The number of rotatable bonds is 8. The zero-order chi connectivity index (χ0) is 27.4. The second-order valence-corrected chi connectivity index (χ2v) is 10.1. The van der Waals surface area contributed by atoms with Crippen molar-refractivity contribution in [2.24, 2.45) is 7.05 Å². The van der Waals surface area contributed by atoms with Crippen molar-refractivity contribution in [3.63, 3.8) is 0 Å². The van der Waals surface area contributed by atoms with Crippen molar-refractivity contribution in [3.8, 4) is 17.2 Å². The molecule has 9 nitrogen and oxygen atoms in total. The van der Waals surface area contributed by atoms with Crippen LogP contribution in [0.1, 0.15) is 56.3 Å². The van der Waals surface area contributed by atoms with E-state index < -0.39 is 12.1 Å². The SMILES string of the molecule is CCOc1cccc(N(C(=O)[C@H]2COc3ccccc3O2)[C@@H](C(=O)NC2CCCCC2)c2cn(C)nc2C)c1. The first-order chi connectivity index (χ1) is 18.9. The summed E-state index contributed by atoms with van der Waals surface area (Å²) in [6.07, 6.45) is 6.04. The molecule has 1 saturated carbocycles. The molecule has 5 rings (SSSR count). The minimum atomic E-state index is -0.967. The summed E-state index contributed by atoms with van der Waals surface area (Å²) >= 11 is 0. The number of carbonyl (C=O) groups is 2. The molecule has 9 heteroatoms. The fourth-order valence-corrected chi connectivity index (χ4v) is 5.40. The normalized spacial score (nSPS) is 17.8. The number of aryl methyl sites for hydroxylation is 2. The summed E-state index contributed by atoms with van der Waals surface area (Å²) in [4.78, 5) is 30.0.